The number of hydrogen-bond donors (Lipinski definition) is 1. The summed E-state index contributed by atoms with van der Waals surface area (Å²) in [5.74, 6) is -2.18. The van der Waals surface area contributed by atoms with Gasteiger partial charge in [0.2, 0.25) is 5.91 Å². The summed E-state index contributed by atoms with van der Waals surface area (Å²) in [6.07, 6.45) is 0.0703. The Hall–Kier alpha value is -4.86. The number of alkyl halides is 3. The zero-order valence-electron chi connectivity index (χ0n) is 30.4. The van der Waals surface area contributed by atoms with Gasteiger partial charge < -0.3 is 14.5 Å². The predicted molar refractivity (Wildman–Crippen MR) is 199 cm³/mol. The maximum Gasteiger partial charge on any atom is 0.416 e. The average molecular weight is 781 g/mol. The van der Waals surface area contributed by atoms with Gasteiger partial charge in [-0.3, -0.25) is 14.7 Å². The average Bonchev–Trinajstić information content (AvgIpc) is 3.73. The predicted octanol–water partition coefficient (Wildman–Crippen LogP) is 7.51. The Labute approximate surface area is 319 Å². The van der Waals surface area contributed by atoms with E-state index in [-0.39, 0.29) is 36.2 Å². The van der Waals surface area contributed by atoms with Crippen LogP contribution in [0.15, 0.2) is 94.9 Å². The summed E-state index contributed by atoms with van der Waals surface area (Å²) in [5.41, 5.74) is 2.17. The maximum atomic E-state index is 14.6. The van der Waals surface area contributed by atoms with E-state index in [1.165, 1.54) is 35.0 Å². The number of H-pyrrole nitrogens is 1. The van der Waals surface area contributed by atoms with E-state index in [0.717, 1.165) is 60.7 Å². The van der Waals surface area contributed by atoms with Crippen molar-refractivity contribution in [3.05, 3.63) is 135 Å². The van der Waals surface area contributed by atoms with Crippen molar-refractivity contribution in [3.8, 4) is 11.1 Å². The summed E-state index contributed by atoms with van der Waals surface area (Å²) in [7, 11) is 1.66. The van der Waals surface area contributed by atoms with Gasteiger partial charge in [0.25, 0.3) is 5.56 Å². The van der Waals surface area contributed by atoms with Gasteiger partial charge >= 0.3 is 6.18 Å². The van der Waals surface area contributed by atoms with Gasteiger partial charge in [-0.15, -0.1) is 11.8 Å². The van der Waals surface area contributed by atoms with Crippen molar-refractivity contribution in [1.82, 2.24) is 29.8 Å². The van der Waals surface area contributed by atoms with E-state index in [4.69, 9.17) is 9.84 Å². The number of nitrogens with one attached hydrogen (secondary N) is 1. The molecule has 1 unspecified atom stereocenters. The van der Waals surface area contributed by atoms with Crippen molar-refractivity contribution < 1.29 is 31.5 Å². The molecule has 1 atom stereocenters. The van der Waals surface area contributed by atoms with E-state index in [1.54, 1.807) is 26.4 Å². The van der Waals surface area contributed by atoms with E-state index in [1.807, 2.05) is 29.2 Å². The molecule has 1 aliphatic rings. The summed E-state index contributed by atoms with van der Waals surface area (Å²) in [5, 5.41) is 11.4. The number of hydrogen-bond acceptors (Lipinski definition) is 7. The summed E-state index contributed by atoms with van der Waals surface area (Å²) < 4.78 is 74.6. The first-order chi connectivity index (χ1) is 26.4. The van der Waals surface area contributed by atoms with Crippen LogP contribution in [0.5, 0.6) is 0 Å². The highest BCUT2D eigenvalue weighted by molar-refractivity contribution is 7.98. The van der Waals surface area contributed by atoms with Crippen molar-refractivity contribution >= 4 is 17.7 Å². The first-order valence-electron chi connectivity index (χ1n) is 17.9. The number of ether oxygens (including phenoxy) is 1. The third-order valence-corrected chi connectivity index (χ3v) is 11.0. The summed E-state index contributed by atoms with van der Waals surface area (Å²) in [4.78, 5) is 32.5. The molecule has 15 heteroatoms. The highest BCUT2D eigenvalue weighted by atomic mass is 32.2. The van der Waals surface area contributed by atoms with Crippen LogP contribution in [0.4, 0.5) is 22.0 Å². The zero-order valence-corrected chi connectivity index (χ0v) is 31.2. The molecule has 5 aromatic rings. The molecule has 1 fully saturated rings. The Morgan fingerprint density at radius 1 is 1.04 bits per heavy atom. The van der Waals surface area contributed by atoms with Crippen molar-refractivity contribution in [2.45, 2.75) is 61.6 Å². The van der Waals surface area contributed by atoms with Gasteiger partial charge in [-0.05, 0) is 54.7 Å². The minimum atomic E-state index is -4.43. The van der Waals surface area contributed by atoms with Crippen LogP contribution in [0, 0.1) is 11.6 Å². The van der Waals surface area contributed by atoms with Crippen LogP contribution in [0.3, 0.4) is 0 Å². The number of halogens is 5. The van der Waals surface area contributed by atoms with Crippen LogP contribution in [0.25, 0.3) is 11.1 Å². The lowest BCUT2D eigenvalue weighted by Crippen LogP contribution is -2.48. The Morgan fingerprint density at radius 3 is 2.36 bits per heavy atom. The Morgan fingerprint density at radius 2 is 1.73 bits per heavy atom. The molecule has 55 heavy (non-hydrogen) atoms. The van der Waals surface area contributed by atoms with Gasteiger partial charge in [0.1, 0.15) is 0 Å². The molecular weight excluding hydrogens is 740 g/mol. The van der Waals surface area contributed by atoms with E-state index in [2.05, 4.69) is 15.1 Å². The number of carbonyl (C=O) groups is 1. The van der Waals surface area contributed by atoms with Gasteiger partial charge in [-0.25, -0.2) is 13.5 Å². The first kappa shape index (κ1) is 39.8. The van der Waals surface area contributed by atoms with Gasteiger partial charge in [0, 0.05) is 73.4 Å². The number of rotatable bonds is 14. The molecule has 1 amide bonds. The smallest absolute Gasteiger partial charge is 0.383 e. The topological polar surface area (TPSA) is 96.3 Å². The molecule has 6 rings (SSSR count). The van der Waals surface area contributed by atoms with Crippen LogP contribution in [0.1, 0.15) is 53.8 Å². The molecule has 9 nitrogen and oxygen atoms in total. The fourth-order valence-corrected chi connectivity index (χ4v) is 7.65. The van der Waals surface area contributed by atoms with Crippen LogP contribution in [-0.2, 0) is 34.4 Å². The lowest BCUT2D eigenvalue weighted by Gasteiger charge is -2.38. The van der Waals surface area contributed by atoms with E-state index < -0.39 is 35.0 Å². The molecule has 3 aromatic carbocycles. The molecule has 1 saturated heterocycles. The van der Waals surface area contributed by atoms with E-state index >= 15 is 0 Å². The normalized spacial score (nSPS) is 14.6. The summed E-state index contributed by atoms with van der Waals surface area (Å²) in [6.45, 7) is 4.94. The molecule has 0 spiro atoms. The minimum Gasteiger partial charge on any atom is -0.383 e. The number of likely N-dealkylation sites (tertiary alicyclic amines) is 1. The lowest BCUT2D eigenvalue weighted by molar-refractivity contribution is -0.137. The monoisotopic (exact) mass is 780 g/mol. The van der Waals surface area contributed by atoms with Gasteiger partial charge in [0.15, 0.2) is 11.6 Å². The largest absolute Gasteiger partial charge is 0.416 e. The molecule has 0 radical (unpaired) electrons. The molecule has 290 valence electrons. The van der Waals surface area contributed by atoms with E-state index in [0.29, 0.717) is 41.2 Å². The Bertz CT molecular complexity index is 2100. The van der Waals surface area contributed by atoms with Crippen LogP contribution < -0.4 is 5.56 Å². The van der Waals surface area contributed by atoms with Gasteiger partial charge in [0.05, 0.1) is 36.5 Å². The standard InChI is InChI=1S/C40H41F5N6O3S/c1-26(31-22-46-47-23-31)51-38(53)21-36(55-25-30-4-3-5-34(41)39(30)42)35(48-51)20-37(52)50(33-14-16-49(17-15-33)18-19-54-2)24-27-6-8-28(9-7-27)29-10-12-32(13-11-29)40(43,44)45/h3-13,21-23,26,33H,14-20,24-25H2,1-2H3,(H,46,47). The highest BCUT2D eigenvalue weighted by Gasteiger charge is 2.31. The number of aromatic amines is 1. The fraction of sp³-hybridized carbons (Fsp3) is 0.350. The maximum absolute atomic E-state index is 14.6. The fourth-order valence-electron chi connectivity index (χ4n) is 6.65. The molecular formula is C40H41F5N6O3S. The highest BCUT2D eigenvalue weighted by Crippen LogP contribution is 2.32. The second-order valence-electron chi connectivity index (χ2n) is 13.5. The number of amides is 1. The Kier molecular flexibility index (Phi) is 12.8. The molecule has 0 bridgehead atoms. The number of thioether (sulfide) groups is 1. The molecule has 0 aliphatic carbocycles. The number of aromatic nitrogens is 4. The SMILES string of the molecule is COCCN1CCC(N(Cc2ccc(-c3ccc(C(F)(F)F)cc3)cc2)C(=O)Cc2nn(C(C)c3cn[nH]c3)c(=O)cc2SCc2cccc(F)c2F)CC1. The number of nitrogens with zero attached hydrogens (tertiary/aromatic N) is 5. The van der Waals surface area contributed by atoms with E-state index in [9.17, 15) is 31.5 Å². The van der Waals surface area contributed by atoms with Crippen molar-refractivity contribution in [3.63, 3.8) is 0 Å². The third-order valence-electron chi connectivity index (χ3n) is 9.88. The second-order valence-corrected chi connectivity index (χ2v) is 14.5. The van der Waals surface area contributed by atoms with Crippen molar-refractivity contribution in [2.24, 2.45) is 0 Å². The lowest BCUT2D eigenvalue weighted by atomic mass is 9.99. The molecule has 0 saturated carbocycles. The quantitative estimate of drug-likeness (QED) is 0.0921. The van der Waals surface area contributed by atoms with Crippen LogP contribution in [0.2, 0.25) is 0 Å². The van der Waals surface area contributed by atoms with Gasteiger partial charge in [-0.1, -0.05) is 48.5 Å². The zero-order chi connectivity index (χ0) is 39.1. The third kappa shape index (κ3) is 9.88. The van der Waals surface area contributed by atoms with Crippen LogP contribution >= 0.6 is 11.8 Å². The second kappa shape index (κ2) is 17.7. The molecule has 2 aromatic heterocycles. The number of carbonyl (C=O) groups excluding carboxylic acids is 1. The minimum absolute atomic E-state index is 0.00211. The molecule has 1 aliphatic heterocycles. The molecule has 3 heterocycles. The van der Waals surface area contributed by atoms with Gasteiger partial charge in [-0.2, -0.15) is 23.4 Å². The van der Waals surface area contributed by atoms with Crippen molar-refractivity contribution in [2.75, 3.05) is 33.4 Å². The first-order valence-corrected chi connectivity index (χ1v) is 18.8. The van der Waals surface area contributed by atoms with Crippen molar-refractivity contribution in [1.29, 1.82) is 0 Å². The summed E-state index contributed by atoms with van der Waals surface area (Å²) >= 11 is 1.11. The molecule has 1 N–H and O–H groups in total. The number of methoxy groups -OCH3 is 1. The number of piperidine rings is 1. The summed E-state index contributed by atoms with van der Waals surface area (Å²) in [6, 6.07) is 17.0. The Balaban J connectivity index is 1.29. The number of benzene rings is 3. The van der Waals surface area contributed by atoms with Crippen LogP contribution in [-0.4, -0.2) is 75.1 Å².